The smallest absolute Gasteiger partial charge is 0.0739 e. The van der Waals surface area contributed by atoms with E-state index in [1.165, 1.54) is 5.69 Å². The fourth-order valence-corrected chi connectivity index (χ4v) is 2.46. The molecule has 1 aromatic heterocycles. The van der Waals surface area contributed by atoms with E-state index in [-0.39, 0.29) is 5.41 Å². The predicted octanol–water partition coefficient (Wildman–Crippen LogP) is 3.84. The van der Waals surface area contributed by atoms with Crippen molar-refractivity contribution in [3.8, 4) is 0 Å². The molecule has 104 valence electrons. The highest BCUT2D eigenvalue weighted by atomic mass is 79.9. The fourth-order valence-electron chi connectivity index (χ4n) is 2.05. The molecule has 0 aromatic carbocycles. The van der Waals surface area contributed by atoms with Gasteiger partial charge in [-0.1, -0.05) is 20.8 Å². The van der Waals surface area contributed by atoms with Gasteiger partial charge in [-0.2, -0.15) is 5.10 Å². The van der Waals surface area contributed by atoms with Crippen molar-refractivity contribution >= 4 is 15.9 Å². The minimum atomic E-state index is 0.285. The van der Waals surface area contributed by atoms with Crippen molar-refractivity contribution in [1.29, 1.82) is 0 Å². The third-order valence-electron chi connectivity index (χ3n) is 3.77. The van der Waals surface area contributed by atoms with Gasteiger partial charge in [0.25, 0.3) is 0 Å². The number of aryl methyl sites for hydroxylation is 2. The van der Waals surface area contributed by atoms with Crippen molar-refractivity contribution < 1.29 is 0 Å². The molecule has 0 aliphatic heterocycles. The Morgan fingerprint density at radius 3 is 2.39 bits per heavy atom. The highest BCUT2D eigenvalue weighted by Crippen LogP contribution is 2.27. The average molecular weight is 316 g/mol. The zero-order valence-corrected chi connectivity index (χ0v) is 14.3. The van der Waals surface area contributed by atoms with Crippen molar-refractivity contribution in [3.05, 3.63) is 15.9 Å². The van der Waals surface area contributed by atoms with Crippen molar-refractivity contribution in [1.82, 2.24) is 14.7 Å². The summed E-state index contributed by atoms with van der Waals surface area (Å²) in [6.07, 6.45) is 0. The lowest BCUT2D eigenvalue weighted by molar-refractivity contribution is 0.131. The third kappa shape index (κ3) is 3.35. The van der Waals surface area contributed by atoms with Crippen LogP contribution in [0.3, 0.4) is 0 Å². The topological polar surface area (TPSA) is 21.1 Å². The molecular formula is C14H26BrN3. The fraction of sp³-hybridized carbons (Fsp3) is 0.786. The summed E-state index contributed by atoms with van der Waals surface area (Å²) in [5, 5.41) is 4.55. The molecule has 1 unspecified atom stereocenters. The Morgan fingerprint density at radius 1 is 1.39 bits per heavy atom. The minimum Gasteiger partial charge on any atom is -0.297 e. The van der Waals surface area contributed by atoms with Crippen molar-refractivity contribution in [2.24, 2.45) is 5.41 Å². The molecule has 0 saturated carbocycles. The number of halogens is 1. The largest absolute Gasteiger partial charge is 0.297 e. The first-order chi connectivity index (χ1) is 8.18. The van der Waals surface area contributed by atoms with Gasteiger partial charge in [0.1, 0.15) is 0 Å². The Labute approximate surface area is 120 Å². The maximum absolute atomic E-state index is 4.55. The molecule has 3 nitrogen and oxygen atoms in total. The van der Waals surface area contributed by atoms with E-state index in [0.717, 1.165) is 23.3 Å². The van der Waals surface area contributed by atoms with Crippen LogP contribution in [0.5, 0.6) is 0 Å². The molecule has 0 aliphatic carbocycles. The Hall–Kier alpha value is -0.350. The summed E-state index contributed by atoms with van der Waals surface area (Å²) in [6, 6.07) is 0.518. The van der Waals surface area contributed by atoms with Crippen molar-refractivity contribution in [2.45, 2.75) is 60.7 Å². The first-order valence-electron chi connectivity index (χ1n) is 6.60. The standard InChI is InChI=1S/C14H26BrN3/c1-8-18-12(13(15)10(2)16-18)9-17(7)11(3)14(4,5)6/h11H,8-9H2,1-7H3. The number of hydrogen-bond acceptors (Lipinski definition) is 2. The normalized spacial score (nSPS) is 14.3. The molecule has 0 saturated heterocycles. The van der Waals surface area contributed by atoms with Gasteiger partial charge in [-0.05, 0) is 49.2 Å². The summed E-state index contributed by atoms with van der Waals surface area (Å²) in [5.74, 6) is 0. The quantitative estimate of drug-likeness (QED) is 0.841. The molecule has 1 heterocycles. The van der Waals surface area contributed by atoms with Crippen LogP contribution in [-0.4, -0.2) is 27.8 Å². The van der Waals surface area contributed by atoms with Crippen LogP contribution in [0.15, 0.2) is 4.47 Å². The average Bonchev–Trinajstić information content (AvgIpc) is 2.54. The van der Waals surface area contributed by atoms with Crippen LogP contribution < -0.4 is 0 Å². The molecule has 0 amide bonds. The zero-order valence-electron chi connectivity index (χ0n) is 12.7. The van der Waals surface area contributed by atoms with E-state index in [4.69, 9.17) is 0 Å². The van der Waals surface area contributed by atoms with Gasteiger partial charge in [0.15, 0.2) is 0 Å². The zero-order chi connectivity index (χ0) is 14.1. The molecule has 0 N–H and O–H groups in total. The molecule has 4 heteroatoms. The Kier molecular flexibility index (Phi) is 5.01. The Morgan fingerprint density at radius 2 is 1.94 bits per heavy atom. The van der Waals surface area contributed by atoms with Crippen LogP contribution in [0.1, 0.15) is 46.0 Å². The molecule has 0 spiro atoms. The summed E-state index contributed by atoms with van der Waals surface area (Å²) < 4.78 is 3.24. The molecule has 0 radical (unpaired) electrons. The summed E-state index contributed by atoms with van der Waals surface area (Å²) in [7, 11) is 2.19. The van der Waals surface area contributed by atoms with Gasteiger partial charge < -0.3 is 0 Å². The molecular weight excluding hydrogens is 290 g/mol. The van der Waals surface area contributed by atoms with Gasteiger partial charge in [0.2, 0.25) is 0 Å². The molecule has 18 heavy (non-hydrogen) atoms. The second-order valence-corrected chi connectivity index (χ2v) is 6.91. The van der Waals surface area contributed by atoms with E-state index < -0.39 is 0 Å². The van der Waals surface area contributed by atoms with E-state index in [2.05, 4.69) is 72.3 Å². The molecule has 1 rings (SSSR count). The third-order valence-corrected chi connectivity index (χ3v) is 4.80. The monoisotopic (exact) mass is 315 g/mol. The Balaban J connectivity index is 2.91. The lowest BCUT2D eigenvalue weighted by atomic mass is 9.87. The van der Waals surface area contributed by atoms with E-state index in [0.29, 0.717) is 6.04 Å². The Bertz CT molecular complexity index is 404. The van der Waals surface area contributed by atoms with Crippen LogP contribution in [0.4, 0.5) is 0 Å². The number of aromatic nitrogens is 2. The van der Waals surface area contributed by atoms with Gasteiger partial charge in [-0.3, -0.25) is 9.58 Å². The van der Waals surface area contributed by atoms with Gasteiger partial charge in [0.05, 0.1) is 15.9 Å². The second-order valence-electron chi connectivity index (χ2n) is 6.12. The van der Waals surface area contributed by atoms with Crippen molar-refractivity contribution in [2.75, 3.05) is 7.05 Å². The molecule has 1 atom stereocenters. The first-order valence-corrected chi connectivity index (χ1v) is 7.39. The maximum Gasteiger partial charge on any atom is 0.0739 e. The summed E-state index contributed by atoms with van der Waals surface area (Å²) in [5.41, 5.74) is 2.63. The van der Waals surface area contributed by atoms with Crippen LogP contribution in [-0.2, 0) is 13.1 Å². The molecule has 0 fully saturated rings. The van der Waals surface area contributed by atoms with Gasteiger partial charge >= 0.3 is 0 Å². The summed E-state index contributed by atoms with van der Waals surface area (Å²) >= 11 is 3.66. The van der Waals surface area contributed by atoms with Crippen LogP contribution in [0.25, 0.3) is 0 Å². The number of hydrogen-bond donors (Lipinski definition) is 0. The van der Waals surface area contributed by atoms with Gasteiger partial charge in [-0.25, -0.2) is 0 Å². The highest BCUT2D eigenvalue weighted by Gasteiger charge is 2.25. The van der Waals surface area contributed by atoms with Crippen molar-refractivity contribution in [3.63, 3.8) is 0 Å². The van der Waals surface area contributed by atoms with E-state index in [1.807, 2.05) is 6.92 Å². The van der Waals surface area contributed by atoms with E-state index in [1.54, 1.807) is 0 Å². The molecule has 0 aliphatic rings. The molecule has 0 bridgehead atoms. The first kappa shape index (κ1) is 15.7. The van der Waals surface area contributed by atoms with E-state index in [9.17, 15) is 0 Å². The van der Waals surface area contributed by atoms with Gasteiger partial charge in [-0.15, -0.1) is 0 Å². The minimum absolute atomic E-state index is 0.285. The van der Waals surface area contributed by atoms with E-state index >= 15 is 0 Å². The van der Waals surface area contributed by atoms with Crippen LogP contribution in [0, 0.1) is 12.3 Å². The SMILES string of the molecule is CCn1nc(C)c(Br)c1CN(C)C(C)C(C)(C)C. The van der Waals surface area contributed by atoms with Crippen LogP contribution in [0.2, 0.25) is 0 Å². The second kappa shape index (κ2) is 5.74. The maximum atomic E-state index is 4.55. The number of nitrogens with zero attached hydrogens (tertiary/aromatic N) is 3. The predicted molar refractivity (Wildman–Crippen MR) is 80.7 cm³/mol. The number of rotatable bonds is 4. The van der Waals surface area contributed by atoms with Crippen LogP contribution >= 0.6 is 15.9 Å². The lowest BCUT2D eigenvalue weighted by Gasteiger charge is -2.35. The lowest BCUT2D eigenvalue weighted by Crippen LogP contribution is -2.39. The van der Waals surface area contributed by atoms with Gasteiger partial charge in [0, 0.05) is 19.1 Å². The molecule has 1 aromatic rings. The highest BCUT2D eigenvalue weighted by molar-refractivity contribution is 9.10. The summed E-state index contributed by atoms with van der Waals surface area (Å²) in [4.78, 5) is 2.40. The summed E-state index contributed by atoms with van der Waals surface area (Å²) in [6.45, 7) is 15.2.